The van der Waals surface area contributed by atoms with Gasteiger partial charge in [0.1, 0.15) is 0 Å². The lowest BCUT2D eigenvalue weighted by molar-refractivity contribution is -0.129. The Morgan fingerprint density at radius 1 is 1.36 bits per heavy atom. The molecule has 3 nitrogen and oxygen atoms in total. The van der Waals surface area contributed by atoms with Gasteiger partial charge in [-0.05, 0) is 6.42 Å². The molecule has 0 atom stereocenters. The van der Waals surface area contributed by atoms with Crippen molar-refractivity contribution in [3.63, 3.8) is 0 Å². The molecule has 1 amide bonds. The zero-order valence-electron chi connectivity index (χ0n) is 7.68. The second-order valence-corrected chi connectivity index (χ2v) is 1.99. The molecular weight excluding hydrogens is 142 g/mol. The van der Waals surface area contributed by atoms with E-state index in [1.807, 2.05) is 13.8 Å². The first kappa shape index (κ1) is 13.1. The van der Waals surface area contributed by atoms with Crippen molar-refractivity contribution < 1.29 is 10.0 Å². The molecule has 0 aromatic heterocycles. The number of nitrogens with one attached hydrogen (secondary N) is 1. The number of rotatable bonds is 4. The van der Waals surface area contributed by atoms with Gasteiger partial charge in [-0.1, -0.05) is 33.6 Å². The molecule has 0 aromatic rings. The third-order valence-corrected chi connectivity index (χ3v) is 1.13. The topological polar surface area (TPSA) is 49.3 Å². The molecule has 0 aromatic carbocycles. The lowest BCUT2D eigenvalue weighted by Crippen LogP contribution is -2.17. The van der Waals surface area contributed by atoms with Crippen LogP contribution >= 0.6 is 0 Å². The molecular formula is C8H19NO2. The maximum atomic E-state index is 10.3. The van der Waals surface area contributed by atoms with E-state index < -0.39 is 0 Å². The van der Waals surface area contributed by atoms with Crippen LogP contribution in [0.15, 0.2) is 0 Å². The van der Waals surface area contributed by atoms with Crippen LogP contribution in [-0.4, -0.2) is 11.1 Å². The van der Waals surface area contributed by atoms with Gasteiger partial charge in [0.05, 0.1) is 0 Å². The first-order valence-electron chi connectivity index (χ1n) is 4.24. The molecule has 0 heterocycles. The van der Waals surface area contributed by atoms with Crippen LogP contribution in [0.3, 0.4) is 0 Å². The highest BCUT2D eigenvalue weighted by atomic mass is 16.5. The molecule has 2 N–H and O–H groups in total. The fourth-order valence-corrected chi connectivity index (χ4v) is 0.591. The van der Waals surface area contributed by atoms with Crippen molar-refractivity contribution in [3.8, 4) is 0 Å². The summed E-state index contributed by atoms with van der Waals surface area (Å²) in [4.78, 5) is 10.3. The Morgan fingerprint density at radius 3 is 2.27 bits per heavy atom. The van der Waals surface area contributed by atoms with E-state index >= 15 is 0 Å². The van der Waals surface area contributed by atoms with Crippen LogP contribution in [-0.2, 0) is 4.79 Å². The van der Waals surface area contributed by atoms with Crippen molar-refractivity contribution in [2.75, 3.05) is 0 Å². The van der Waals surface area contributed by atoms with Crippen LogP contribution in [0.2, 0.25) is 0 Å². The number of hydroxylamine groups is 1. The number of hydrogen-bond donors (Lipinski definition) is 2. The van der Waals surface area contributed by atoms with Crippen molar-refractivity contribution in [1.82, 2.24) is 5.48 Å². The number of carbonyl (C=O) groups is 1. The zero-order chi connectivity index (χ0) is 9.11. The van der Waals surface area contributed by atoms with E-state index in [1.165, 1.54) is 0 Å². The molecule has 0 aliphatic rings. The molecule has 0 unspecified atom stereocenters. The van der Waals surface area contributed by atoms with Gasteiger partial charge >= 0.3 is 0 Å². The molecule has 0 saturated carbocycles. The molecule has 0 fully saturated rings. The molecule has 3 heteroatoms. The number of carbonyl (C=O) groups excluding carboxylic acids is 1. The summed E-state index contributed by atoms with van der Waals surface area (Å²) >= 11 is 0. The second-order valence-electron chi connectivity index (χ2n) is 1.99. The van der Waals surface area contributed by atoms with Gasteiger partial charge in [-0.15, -0.1) is 0 Å². The van der Waals surface area contributed by atoms with Crippen molar-refractivity contribution >= 4 is 5.91 Å². The molecule has 0 bridgehead atoms. The third-order valence-electron chi connectivity index (χ3n) is 1.13. The summed E-state index contributed by atoms with van der Waals surface area (Å²) in [7, 11) is 0. The first-order valence-corrected chi connectivity index (χ1v) is 4.24. The summed E-state index contributed by atoms with van der Waals surface area (Å²) in [5.41, 5.74) is 1.58. The van der Waals surface area contributed by atoms with E-state index in [0.29, 0.717) is 6.42 Å². The number of unbranched alkanes of at least 4 members (excludes halogenated alkanes) is 2. The fourth-order valence-electron chi connectivity index (χ4n) is 0.591. The minimum absolute atomic E-state index is 0.288. The van der Waals surface area contributed by atoms with E-state index in [2.05, 4.69) is 6.92 Å². The second kappa shape index (κ2) is 12.1. The van der Waals surface area contributed by atoms with E-state index in [0.717, 1.165) is 19.3 Å². The molecule has 0 radical (unpaired) electrons. The summed E-state index contributed by atoms with van der Waals surface area (Å²) in [5.74, 6) is -0.288. The average Bonchev–Trinajstić information content (AvgIpc) is 2.08. The summed E-state index contributed by atoms with van der Waals surface area (Å²) in [5, 5.41) is 8.03. The van der Waals surface area contributed by atoms with Crippen LogP contribution in [0, 0.1) is 0 Å². The van der Waals surface area contributed by atoms with E-state index in [4.69, 9.17) is 5.21 Å². The molecule has 0 rings (SSSR count). The van der Waals surface area contributed by atoms with Crippen molar-refractivity contribution in [2.24, 2.45) is 0 Å². The van der Waals surface area contributed by atoms with Crippen molar-refractivity contribution in [2.45, 2.75) is 46.5 Å². The molecule has 0 spiro atoms. The van der Waals surface area contributed by atoms with Gasteiger partial charge in [0, 0.05) is 6.42 Å². The summed E-state index contributed by atoms with van der Waals surface area (Å²) in [6.45, 7) is 6.07. The Balaban J connectivity index is 0. The summed E-state index contributed by atoms with van der Waals surface area (Å²) in [6.07, 6.45) is 3.44. The monoisotopic (exact) mass is 161 g/mol. The SMILES string of the molecule is CC.CCCCCC(=O)NO. The van der Waals surface area contributed by atoms with Gasteiger partial charge in [-0.3, -0.25) is 10.0 Å². The maximum Gasteiger partial charge on any atom is 0.243 e. The summed E-state index contributed by atoms with van der Waals surface area (Å²) in [6, 6.07) is 0. The molecule has 68 valence electrons. The fraction of sp³-hybridized carbons (Fsp3) is 0.875. The first-order chi connectivity index (χ1) is 5.31. The standard InChI is InChI=1S/C6H13NO2.C2H6/c1-2-3-4-5-6(8)7-9;1-2/h9H,2-5H2,1H3,(H,7,8);1-2H3. The Labute approximate surface area is 68.8 Å². The minimum atomic E-state index is -0.288. The van der Waals surface area contributed by atoms with E-state index in [-0.39, 0.29) is 5.91 Å². The van der Waals surface area contributed by atoms with Gasteiger partial charge < -0.3 is 0 Å². The van der Waals surface area contributed by atoms with Crippen LogP contribution in [0.1, 0.15) is 46.5 Å². The predicted molar refractivity (Wildman–Crippen MR) is 45.4 cm³/mol. The highest BCUT2D eigenvalue weighted by Crippen LogP contribution is 1.97. The van der Waals surface area contributed by atoms with Gasteiger partial charge in [0.15, 0.2) is 0 Å². The van der Waals surface area contributed by atoms with Crippen LogP contribution in [0.4, 0.5) is 0 Å². The summed E-state index contributed by atoms with van der Waals surface area (Å²) < 4.78 is 0. The van der Waals surface area contributed by atoms with Gasteiger partial charge in [-0.2, -0.15) is 0 Å². The Bertz CT molecular complexity index is 84.2. The zero-order valence-corrected chi connectivity index (χ0v) is 7.68. The number of amides is 1. The maximum absolute atomic E-state index is 10.3. The largest absolute Gasteiger partial charge is 0.289 e. The minimum Gasteiger partial charge on any atom is -0.289 e. The molecule has 0 aliphatic carbocycles. The lowest BCUT2D eigenvalue weighted by atomic mass is 10.2. The van der Waals surface area contributed by atoms with Crippen LogP contribution < -0.4 is 5.48 Å². The Kier molecular flexibility index (Phi) is 14.4. The van der Waals surface area contributed by atoms with Crippen molar-refractivity contribution in [3.05, 3.63) is 0 Å². The predicted octanol–water partition coefficient (Wildman–Crippen LogP) is 2.10. The molecule has 11 heavy (non-hydrogen) atoms. The lowest BCUT2D eigenvalue weighted by Gasteiger charge is -1.95. The van der Waals surface area contributed by atoms with E-state index in [1.54, 1.807) is 5.48 Å². The Morgan fingerprint density at radius 2 is 1.91 bits per heavy atom. The van der Waals surface area contributed by atoms with E-state index in [9.17, 15) is 4.79 Å². The highest BCUT2D eigenvalue weighted by Gasteiger charge is 1.95. The smallest absolute Gasteiger partial charge is 0.243 e. The van der Waals surface area contributed by atoms with Crippen LogP contribution in [0.25, 0.3) is 0 Å². The molecule has 0 aliphatic heterocycles. The van der Waals surface area contributed by atoms with Crippen LogP contribution in [0.5, 0.6) is 0 Å². The van der Waals surface area contributed by atoms with Gasteiger partial charge in [-0.25, -0.2) is 5.48 Å². The average molecular weight is 161 g/mol. The quantitative estimate of drug-likeness (QED) is 0.377. The highest BCUT2D eigenvalue weighted by molar-refractivity contribution is 5.74. The normalized spacial score (nSPS) is 8.00. The Hall–Kier alpha value is -0.570. The molecule has 0 saturated heterocycles. The van der Waals surface area contributed by atoms with Gasteiger partial charge in [0.2, 0.25) is 5.91 Å². The van der Waals surface area contributed by atoms with Crippen molar-refractivity contribution in [1.29, 1.82) is 0 Å². The third kappa shape index (κ3) is 12.6. The number of hydrogen-bond acceptors (Lipinski definition) is 2. The van der Waals surface area contributed by atoms with Gasteiger partial charge in [0.25, 0.3) is 0 Å².